The number of hydrogen-bond acceptors (Lipinski definition) is 3. The van der Waals surface area contributed by atoms with Crippen molar-refractivity contribution in [2.45, 2.75) is 13.8 Å². The lowest BCUT2D eigenvalue weighted by Gasteiger charge is -2.02. The van der Waals surface area contributed by atoms with Crippen LogP contribution in [0.1, 0.15) is 21.5 Å². The molecule has 0 spiro atoms. The lowest BCUT2D eigenvalue weighted by Crippen LogP contribution is -2.04. The van der Waals surface area contributed by atoms with Gasteiger partial charge in [0.25, 0.3) is 0 Å². The largest absolute Gasteiger partial charge is 0.373 e. The van der Waals surface area contributed by atoms with Crippen LogP contribution < -0.4 is 0 Å². The zero-order valence-electron chi connectivity index (χ0n) is 7.96. The Labute approximate surface area is 77.2 Å². The van der Waals surface area contributed by atoms with E-state index in [2.05, 4.69) is 9.78 Å². The molecule has 0 N–H and O–H groups in total. The summed E-state index contributed by atoms with van der Waals surface area (Å²) in [5.41, 5.74) is 2.71. The minimum Gasteiger partial charge on any atom is -0.293 e. The first-order valence-electron chi connectivity index (χ1n) is 3.97. The lowest BCUT2D eigenvalue weighted by atomic mass is 10.1. The maximum Gasteiger partial charge on any atom is 0.373 e. The van der Waals surface area contributed by atoms with Crippen molar-refractivity contribution in [1.29, 1.82) is 0 Å². The topological polar surface area (TPSA) is 35.5 Å². The molecule has 0 radical (unpaired) electrons. The first-order chi connectivity index (χ1) is 6.15. The third-order valence-corrected chi connectivity index (χ3v) is 1.90. The van der Waals surface area contributed by atoms with E-state index in [4.69, 9.17) is 0 Å². The van der Waals surface area contributed by atoms with Crippen molar-refractivity contribution in [2.24, 2.45) is 0 Å². The zero-order chi connectivity index (χ0) is 9.84. The van der Waals surface area contributed by atoms with E-state index < -0.39 is 5.97 Å². The molecule has 0 heterocycles. The molecule has 0 saturated carbocycles. The van der Waals surface area contributed by atoms with Crippen LogP contribution in [0.4, 0.5) is 0 Å². The molecule has 0 bridgehead atoms. The standard InChI is InChI=1S/C10H12O3/c1-7-4-5-9(6-8(7)2)10(11)13-12-3/h4-6H,1-3H3. The fourth-order valence-corrected chi connectivity index (χ4v) is 0.992. The van der Waals surface area contributed by atoms with Gasteiger partial charge in [-0.05, 0) is 37.1 Å². The Bertz CT molecular complexity index is 318. The van der Waals surface area contributed by atoms with Gasteiger partial charge in [-0.2, -0.15) is 4.89 Å². The van der Waals surface area contributed by atoms with Crippen LogP contribution in [-0.4, -0.2) is 13.1 Å². The molecule has 70 valence electrons. The molecular weight excluding hydrogens is 168 g/mol. The van der Waals surface area contributed by atoms with Crippen LogP contribution in [0.2, 0.25) is 0 Å². The van der Waals surface area contributed by atoms with E-state index in [-0.39, 0.29) is 0 Å². The normalized spacial score (nSPS) is 9.77. The van der Waals surface area contributed by atoms with Gasteiger partial charge in [0.2, 0.25) is 0 Å². The molecule has 0 aromatic heterocycles. The van der Waals surface area contributed by atoms with Gasteiger partial charge in [0, 0.05) is 0 Å². The van der Waals surface area contributed by atoms with Crippen LogP contribution in [0.15, 0.2) is 18.2 Å². The van der Waals surface area contributed by atoms with Gasteiger partial charge < -0.3 is 0 Å². The Kier molecular flexibility index (Phi) is 3.03. The van der Waals surface area contributed by atoms with Crippen molar-refractivity contribution in [3.05, 3.63) is 34.9 Å². The first-order valence-corrected chi connectivity index (χ1v) is 3.97. The van der Waals surface area contributed by atoms with Crippen LogP contribution in [0.3, 0.4) is 0 Å². The van der Waals surface area contributed by atoms with Gasteiger partial charge in [-0.1, -0.05) is 6.07 Å². The third-order valence-electron chi connectivity index (χ3n) is 1.90. The van der Waals surface area contributed by atoms with E-state index in [9.17, 15) is 4.79 Å². The number of rotatable bonds is 2. The highest BCUT2D eigenvalue weighted by molar-refractivity contribution is 5.89. The van der Waals surface area contributed by atoms with Gasteiger partial charge in [0.1, 0.15) is 0 Å². The molecule has 1 rings (SSSR count). The fourth-order valence-electron chi connectivity index (χ4n) is 0.992. The van der Waals surface area contributed by atoms with Gasteiger partial charge in [-0.3, -0.25) is 4.89 Å². The molecule has 1 aromatic carbocycles. The summed E-state index contributed by atoms with van der Waals surface area (Å²) in [5.74, 6) is -0.467. The number of aryl methyl sites for hydroxylation is 2. The van der Waals surface area contributed by atoms with E-state index in [1.54, 1.807) is 12.1 Å². The van der Waals surface area contributed by atoms with Crippen molar-refractivity contribution in [1.82, 2.24) is 0 Å². The van der Waals surface area contributed by atoms with Gasteiger partial charge in [0.05, 0.1) is 12.7 Å². The Balaban J connectivity index is 2.90. The van der Waals surface area contributed by atoms with Gasteiger partial charge in [-0.25, -0.2) is 4.79 Å². The van der Waals surface area contributed by atoms with Crippen LogP contribution >= 0.6 is 0 Å². The Morgan fingerprint density at radius 2 is 1.92 bits per heavy atom. The predicted octanol–water partition coefficient (Wildman–Crippen LogP) is 2.02. The summed E-state index contributed by atoms with van der Waals surface area (Å²) in [4.78, 5) is 19.8. The Morgan fingerprint density at radius 3 is 2.46 bits per heavy atom. The fraction of sp³-hybridized carbons (Fsp3) is 0.300. The van der Waals surface area contributed by atoms with Crippen molar-refractivity contribution in [3.63, 3.8) is 0 Å². The van der Waals surface area contributed by atoms with Crippen molar-refractivity contribution in [2.75, 3.05) is 7.11 Å². The highest BCUT2D eigenvalue weighted by Gasteiger charge is 2.07. The summed E-state index contributed by atoms with van der Waals surface area (Å²) in [7, 11) is 1.30. The molecule has 1 aromatic rings. The minimum absolute atomic E-state index is 0.467. The summed E-state index contributed by atoms with van der Waals surface area (Å²) < 4.78 is 0. The monoisotopic (exact) mass is 180 g/mol. The molecular formula is C10H12O3. The minimum atomic E-state index is -0.467. The molecule has 0 saturated heterocycles. The molecule has 0 aliphatic rings. The van der Waals surface area contributed by atoms with E-state index in [0.717, 1.165) is 11.1 Å². The molecule has 3 nitrogen and oxygen atoms in total. The molecule has 0 amide bonds. The van der Waals surface area contributed by atoms with Crippen LogP contribution in [-0.2, 0) is 9.78 Å². The molecule has 13 heavy (non-hydrogen) atoms. The van der Waals surface area contributed by atoms with Gasteiger partial charge in [-0.15, -0.1) is 0 Å². The quantitative estimate of drug-likeness (QED) is 0.516. The molecule has 3 heteroatoms. The van der Waals surface area contributed by atoms with E-state index in [1.807, 2.05) is 19.9 Å². The molecule has 0 aliphatic heterocycles. The Morgan fingerprint density at radius 1 is 1.23 bits per heavy atom. The summed E-state index contributed by atoms with van der Waals surface area (Å²) >= 11 is 0. The second-order valence-corrected chi connectivity index (χ2v) is 2.84. The highest BCUT2D eigenvalue weighted by Crippen LogP contribution is 2.10. The van der Waals surface area contributed by atoms with E-state index in [1.165, 1.54) is 7.11 Å². The van der Waals surface area contributed by atoms with Crippen molar-refractivity contribution in [3.8, 4) is 0 Å². The van der Waals surface area contributed by atoms with E-state index in [0.29, 0.717) is 5.56 Å². The van der Waals surface area contributed by atoms with Gasteiger partial charge in [0.15, 0.2) is 0 Å². The molecule has 0 aliphatic carbocycles. The summed E-state index contributed by atoms with van der Waals surface area (Å²) in [6.45, 7) is 3.93. The lowest BCUT2D eigenvalue weighted by molar-refractivity contribution is -0.216. The van der Waals surface area contributed by atoms with Crippen LogP contribution in [0, 0.1) is 13.8 Å². The highest BCUT2D eigenvalue weighted by atomic mass is 17.2. The smallest absolute Gasteiger partial charge is 0.293 e. The van der Waals surface area contributed by atoms with Crippen molar-refractivity contribution < 1.29 is 14.6 Å². The number of benzene rings is 1. The second-order valence-electron chi connectivity index (χ2n) is 2.84. The predicted molar refractivity (Wildman–Crippen MR) is 48.3 cm³/mol. The number of carbonyl (C=O) groups excluding carboxylic acids is 1. The summed E-state index contributed by atoms with van der Waals surface area (Å²) in [5, 5.41) is 0. The maximum atomic E-state index is 11.2. The number of carbonyl (C=O) groups is 1. The first kappa shape index (κ1) is 9.74. The average Bonchev–Trinajstić information content (AvgIpc) is 2.10. The second kappa shape index (κ2) is 4.05. The molecule has 0 fully saturated rings. The van der Waals surface area contributed by atoms with Crippen molar-refractivity contribution >= 4 is 5.97 Å². The average molecular weight is 180 g/mol. The van der Waals surface area contributed by atoms with Gasteiger partial charge >= 0.3 is 5.97 Å². The third kappa shape index (κ3) is 2.29. The molecule has 0 atom stereocenters. The van der Waals surface area contributed by atoms with Crippen LogP contribution in [0.25, 0.3) is 0 Å². The SMILES string of the molecule is COOC(=O)c1ccc(C)c(C)c1. The number of hydrogen-bond donors (Lipinski definition) is 0. The summed E-state index contributed by atoms with van der Waals surface area (Å²) in [6, 6.07) is 5.36. The van der Waals surface area contributed by atoms with Crippen LogP contribution in [0.5, 0.6) is 0 Å². The zero-order valence-corrected chi connectivity index (χ0v) is 7.96. The van der Waals surface area contributed by atoms with E-state index >= 15 is 0 Å². The molecule has 0 unspecified atom stereocenters. The summed E-state index contributed by atoms with van der Waals surface area (Å²) in [6.07, 6.45) is 0. The maximum absolute atomic E-state index is 11.2. The Hall–Kier alpha value is -1.35.